The smallest absolute Gasteiger partial charge is 0.165 e. The number of rotatable bonds is 3. The standard InChI is InChI=1S/C18H22FNO2.C2H6/c1-21-14-7-2-9-8-13(20-10-3-4-10)11-5-6-12(19)17-16(11)15(9)18(14)22-17;1-2/h2,7,10-13,16-17,20H,3-6,8H2,1H3;1-2H3/t11?,12?,13-,16?,17+;/m0./s1. The Bertz CT molecular complexity index is 616. The summed E-state index contributed by atoms with van der Waals surface area (Å²) in [6, 6.07) is 5.30. The molecule has 3 aliphatic carbocycles. The minimum Gasteiger partial charge on any atom is -0.493 e. The molecule has 5 atom stereocenters. The summed E-state index contributed by atoms with van der Waals surface area (Å²) in [5.41, 5.74) is 2.57. The van der Waals surface area contributed by atoms with Crippen molar-refractivity contribution in [1.29, 1.82) is 0 Å². The first-order chi connectivity index (χ1) is 11.8. The lowest BCUT2D eigenvalue weighted by Crippen LogP contribution is -2.51. The van der Waals surface area contributed by atoms with E-state index in [9.17, 15) is 4.39 Å². The van der Waals surface area contributed by atoms with Gasteiger partial charge < -0.3 is 14.8 Å². The molecule has 0 spiro atoms. The van der Waals surface area contributed by atoms with Crippen molar-refractivity contribution >= 4 is 0 Å². The molecule has 4 heteroatoms. The van der Waals surface area contributed by atoms with Crippen LogP contribution in [0.5, 0.6) is 11.5 Å². The molecule has 5 rings (SSSR count). The topological polar surface area (TPSA) is 30.5 Å². The third-order valence-corrected chi connectivity index (χ3v) is 5.99. The number of halogens is 1. The van der Waals surface area contributed by atoms with Crippen molar-refractivity contribution in [2.24, 2.45) is 5.92 Å². The van der Waals surface area contributed by atoms with Crippen molar-refractivity contribution in [2.75, 3.05) is 7.11 Å². The van der Waals surface area contributed by atoms with Crippen molar-refractivity contribution in [3.63, 3.8) is 0 Å². The maximum atomic E-state index is 14.5. The van der Waals surface area contributed by atoms with E-state index in [0.29, 0.717) is 24.4 Å². The van der Waals surface area contributed by atoms with Gasteiger partial charge >= 0.3 is 0 Å². The van der Waals surface area contributed by atoms with Gasteiger partial charge in [0, 0.05) is 23.6 Å². The number of methoxy groups -OCH3 is 1. The highest BCUT2D eigenvalue weighted by Gasteiger charge is 2.54. The molecule has 4 aliphatic rings. The molecule has 0 aromatic heterocycles. The predicted molar refractivity (Wildman–Crippen MR) is 92.8 cm³/mol. The lowest BCUT2D eigenvalue weighted by Gasteiger charge is -2.43. The van der Waals surface area contributed by atoms with Crippen molar-refractivity contribution in [3.05, 3.63) is 23.3 Å². The van der Waals surface area contributed by atoms with Gasteiger partial charge in [0.2, 0.25) is 0 Å². The van der Waals surface area contributed by atoms with Crippen LogP contribution in [0.25, 0.3) is 0 Å². The number of benzene rings is 1. The normalized spacial score (nSPS) is 35.4. The zero-order valence-electron chi connectivity index (χ0n) is 14.8. The van der Waals surface area contributed by atoms with Crippen molar-refractivity contribution in [2.45, 2.75) is 76.2 Å². The van der Waals surface area contributed by atoms with E-state index in [4.69, 9.17) is 9.47 Å². The second kappa shape index (κ2) is 6.21. The highest BCUT2D eigenvalue weighted by atomic mass is 19.1. The first-order valence-electron chi connectivity index (χ1n) is 9.53. The van der Waals surface area contributed by atoms with Crippen molar-refractivity contribution in [1.82, 2.24) is 5.32 Å². The number of alkyl halides is 1. The summed E-state index contributed by atoms with van der Waals surface area (Å²) < 4.78 is 26.0. The van der Waals surface area contributed by atoms with Crippen molar-refractivity contribution in [3.8, 4) is 11.5 Å². The first kappa shape index (κ1) is 16.2. The SMILES string of the molecule is CC.COc1ccc2c3c1O[C@@H]1C(F)CCC(C31)[C@@H](NC1CC1)C2. The van der Waals surface area contributed by atoms with Crippen LogP contribution in [0.1, 0.15) is 56.6 Å². The van der Waals surface area contributed by atoms with Gasteiger partial charge in [0.15, 0.2) is 11.5 Å². The fourth-order valence-corrected chi connectivity index (χ4v) is 4.85. The second-order valence-electron chi connectivity index (χ2n) is 7.29. The zero-order valence-corrected chi connectivity index (χ0v) is 14.8. The monoisotopic (exact) mass is 333 g/mol. The lowest BCUT2D eigenvalue weighted by molar-refractivity contribution is 0.0278. The Kier molecular flexibility index (Phi) is 4.19. The van der Waals surface area contributed by atoms with Gasteiger partial charge in [-0.3, -0.25) is 0 Å². The van der Waals surface area contributed by atoms with E-state index < -0.39 is 6.17 Å². The van der Waals surface area contributed by atoms with Crippen LogP contribution in [-0.4, -0.2) is 31.5 Å². The highest BCUT2D eigenvalue weighted by Crippen LogP contribution is 2.57. The minimum atomic E-state index is -0.856. The Morgan fingerprint density at radius 2 is 1.96 bits per heavy atom. The predicted octanol–water partition coefficient (Wildman–Crippen LogP) is 3.99. The summed E-state index contributed by atoms with van der Waals surface area (Å²) in [7, 11) is 1.66. The van der Waals surface area contributed by atoms with Crippen LogP contribution in [0.15, 0.2) is 12.1 Å². The summed E-state index contributed by atoms with van der Waals surface area (Å²) in [5, 5.41) is 3.81. The highest BCUT2D eigenvalue weighted by molar-refractivity contribution is 5.57. The van der Waals surface area contributed by atoms with Gasteiger partial charge in [0.25, 0.3) is 0 Å². The average molecular weight is 333 g/mol. The Morgan fingerprint density at radius 3 is 2.67 bits per heavy atom. The first-order valence-corrected chi connectivity index (χ1v) is 9.53. The fourth-order valence-electron chi connectivity index (χ4n) is 4.85. The quantitative estimate of drug-likeness (QED) is 0.907. The largest absolute Gasteiger partial charge is 0.493 e. The molecular formula is C20H28FNO2. The van der Waals surface area contributed by atoms with Gasteiger partial charge in [0.1, 0.15) is 12.3 Å². The van der Waals surface area contributed by atoms with E-state index in [2.05, 4.69) is 11.4 Å². The van der Waals surface area contributed by atoms with Gasteiger partial charge in [0.05, 0.1) is 7.11 Å². The van der Waals surface area contributed by atoms with Crippen LogP contribution >= 0.6 is 0 Å². The van der Waals surface area contributed by atoms with E-state index in [1.165, 1.54) is 24.0 Å². The van der Waals surface area contributed by atoms with Gasteiger partial charge in [-0.05, 0) is 49.7 Å². The number of hydrogen-bond donors (Lipinski definition) is 1. The third kappa shape index (κ3) is 2.42. The maximum absolute atomic E-state index is 14.5. The Hall–Kier alpha value is -1.29. The Labute approximate surface area is 143 Å². The molecule has 2 fully saturated rings. The summed E-state index contributed by atoms with van der Waals surface area (Å²) >= 11 is 0. The summed E-state index contributed by atoms with van der Waals surface area (Å²) in [5.74, 6) is 2.27. The van der Waals surface area contributed by atoms with E-state index in [1.807, 2.05) is 19.9 Å². The summed E-state index contributed by atoms with van der Waals surface area (Å²) in [6.07, 6.45) is 4.04. The number of nitrogens with one attached hydrogen (secondary N) is 1. The molecule has 0 amide bonds. The van der Waals surface area contributed by atoms with Crippen molar-refractivity contribution < 1.29 is 13.9 Å². The zero-order chi connectivity index (χ0) is 16.8. The summed E-state index contributed by atoms with van der Waals surface area (Å²) in [4.78, 5) is 0. The van der Waals surface area contributed by atoms with E-state index in [0.717, 1.165) is 24.3 Å². The number of hydrogen-bond acceptors (Lipinski definition) is 3. The second-order valence-corrected chi connectivity index (χ2v) is 7.29. The number of ether oxygens (including phenoxy) is 2. The third-order valence-electron chi connectivity index (χ3n) is 5.99. The van der Waals surface area contributed by atoms with Crippen LogP contribution in [0.4, 0.5) is 4.39 Å². The molecular weight excluding hydrogens is 305 g/mol. The van der Waals surface area contributed by atoms with Gasteiger partial charge in [-0.2, -0.15) is 0 Å². The van der Waals surface area contributed by atoms with E-state index in [1.54, 1.807) is 7.11 Å². The van der Waals surface area contributed by atoms with E-state index >= 15 is 0 Å². The molecule has 2 saturated carbocycles. The average Bonchev–Trinajstić information content (AvgIpc) is 3.33. The molecule has 0 bridgehead atoms. The molecule has 1 heterocycles. The van der Waals surface area contributed by atoms with Crippen LogP contribution < -0.4 is 14.8 Å². The molecule has 3 unspecified atom stereocenters. The molecule has 1 N–H and O–H groups in total. The molecule has 0 saturated heterocycles. The minimum absolute atomic E-state index is 0.203. The van der Waals surface area contributed by atoms with Crippen LogP contribution in [-0.2, 0) is 6.42 Å². The summed E-state index contributed by atoms with van der Waals surface area (Å²) in [6.45, 7) is 4.00. The molecule has 132 valence electrons. The van der Waals surface area contributed by atoms with Gasteiger partial charge in [-0.15, -0.1) is 0 Å². The molecule has 0 radical (unpaired) electrons. The van der Waals surface area contributed by atoms with Gasteiger partial charge in [-0.1, -0.05) is 19.9 Å². The molecule has 1 aromatic carbocycles. The van der Waals surface area contributed by atoms with Crippen LogP contribution in [0, 0.1) is 5.92 Å². The molecule has 3 nitrogen and oxygen atoms in total. The van der Waals surface area contributed by atoms with E-state index in [-0.39, 0.29) is 12.0 Å². The lowest BCUT2D eigenvalue weighted by atomic mass is 9.65. The van der Waals surface area contributed by atoms with Gasteiger partial charge in [-0.25, -0.2) is 4.39 Å². The molecule has 24 heavy (non-hydrogen) atoms. The Morgan fingerprint density at radius 1 is 1.17 bits per heavy atom. The van der Waals surface area contributed by atoms with Crippen LogP contribution in [0.3, 0.4) is 0 Å². The molecule has 1 aliphatic heterocycles. The van der Waals surface area contributed by atoms with Crippen LogP contribution in [0.2, 0.25) is 0 Å². The fraction of sp³-hybridized carbons (Fsp3) is 0.700. The molecule has 1 aromatic rings. The Balaban J connectivity index is 0.000000704. The maximum Gasteiger partial charge on any atom is 0.165 e.